The number of hydrogen-bond donors (Lipinski definition) is 3. The molecule has 0 aliphatic carbocycles. The van der Waals surface area contributed by atoms with Crippen molar-refractivity contribution in [3.05, 3.63) is 41.6 Å². The second-order valence-electron chi connectivity index (χ2n) is 7.76. The van der Waals surface area contributed by atoms with Gasteiger partial charge in [-0.15, -0.1) is 0 Å². The van der Waals surface area contributed by atoms with E-state index in [0.717, 1.165) is 47.7 Å². The van der Waals surface area contributed by atoms with Crippen molar-refractivity contribution in [1.29, 1.82) is 0 Å². The number of carbonyl (C=O) groups excluding carboxylic acids is 1. The van der Waals surface area contributed by atoms with E-state index in [-0.39, 0.29) is 18.0 Å². The smallest absolute Gasteiger partial charge is 0.314 e. The molecule has 0 radical (unpaired) electrons. The number of rotatable bonds is 3. The Bertz CT molecular complexity index is 1120. The number of methoxy groups -OCH3 is 1. The predicted molar refractivity (Wildman–Crippen MR) is 111 cm³/mol. The van der Waals surface area contributed by atoms with Crippen LogP contribution in [0.2, 0.25) is 0 Å². The summed E-state index contributed by atoms with van der Waals surface area (Å²) < 4.78 is 7.31. The van der Waals surface area contributed by atoms with Crippen molar-refractivity contribution in [3.8, 4) is 5.75 Å². The lowest BCUT2D eigenvalue weighted by Gasteiger charge is -2.29. The van der Waals surface area contributed by atoms with Crippen LogP contribution >= 0.6 is 0 Å². The third kappa shape index (κ3) is 2.87. The van der Waals surface area contributed by atoms with Crippen LogP contribution in [0.5, 0.6) is 5.75 Å². The zero-order chi connectivity index (χ0) is 20.8. The fraction of sp³-hybridized carbons (Fsp3) is 0.400. The quantitative estimate of drug-likeness (QED) is 0.600. The van der Waals surface area contributed by atoms with Gasteiger partial charge in [-0.1, -0.05) is 12.1 Å². The van der Waals surface area contributed by atoms with Crippen molar-refractivity contribution >= 4 is 23.1 Å². The normalized spacial score (nSPS) is 19.0. The number of hydrogen-bond acceptors (Lipinski definition) is 7. The van der Waals surface area contributed by atoms with Crippen molar-refractivity contribution in [2.75, 3.05) is 31.2 Å². The molecule has 30 heavy (non-hydrogen) atoms. The van der Waals surface area contributed by atoms with Crippen LogP contribution in [0.1, 0.15) is 41.9 Å². The minimum absolute atomic E-state index is 0.0564. The zero-order valence-corrected chi connectivity index (χ0v) is 16.7. The van der Waals surface area contributed by atoms with E-state index in [1.807, 2.05) is 16.6 Å². The highest BCUT2D eigenvalue weighted by Crippen LogP contribution is 2.42. The first kappa shape index (κ1) is 18.5. The number of imidazole rings is 1. The molecule has 5 N–H and O–H groups in total. The van der Waals surface area contributed by atoms with Gasteiger partial charge in [-0.2, -0.15) is 5.10 Å². The number of piperidine rings is 1. The molecule has 1 saturated heterocycles. The summed E-state index contributed by atoms with van der Waals surface area (Å²) in [6.45, 7) is 1.21. The van der Waals surface area contributed by atoms with Crippen LogP contribution in [0.4, 0.5) is 16.3 Å². The molecular weight excluding hydrogens is 384 g/mol. The number of primary amides is 1. The molecule has 0 spiro atoms. The molecule has 5 rings (SSSR count). The second-order valence-corrected chi connectivity index (χ2v) is 7.76. The SMILES string of the molecule is COc1cccc2c1NC(c1nc(C3CCN(C(N)=O)CC3)n3ncnc(N)c13)C2. The monoisotopic (exact) mass is 408 g/mol. The van der Waals surface area contributed by atoms with Gasteiger partial charge < -0.3 is 26.4 Å². The maximum Gasteiger partial charge on any atom is 0.314 e. The maximum absolute atomic E-state index is 11.5. The number of nitrogens with zero attached hydrogens (tertiary/aromatic N) is 5. The van der Waals surface area contributed by atoms with Gasteiger partial charge in [0.1, 0.15) is 23.4 Å². The van der Waals surface area contributed by atoms with Gasteiger partial charge in [-0.3, -0.25) is 0 Å². The predicted octanol–water partition coefficient (Wildman–Crippen LogP) is 1.68. The summed E-state index contributed by atoms with van der Waals surface area (Å²) in [5.41, 5.74) is 15.4. The summed E-state index contributed by atoms with van der Waals surface area (Å²) in [6.07, 6.45) is 3.78. The summed E-state index contributed by atoms with van der Waals surface area (Å²) in [7, 11) is 1.67. The molecule has 3 aromatic rings. The Labute approximate surface area is 173 Å². The molecule has 1 atom stereocenters. The molecule has 1 aromatic carbocycles. The largest absolute Gasteiger partial charge is 0.495 e. The average molecular weight is 408 g/mol. The minimum Gasteiger partial charge on any atom is -0.495 e. The van der Waals surface area contributed by atoms with Crippen LogP contribution in [0.25, 0.3) is 5.52 Å². The Morgan fingerprint density at radius 2 is 2.10 bits per heavy atom. The van der Waals surface area contributed by atoms with Crippen LogP contribution in [0.3, 0.4) is 0 Å². The molecule has 2 aliphatic rings. The molecule has 1 unspecified atom stereocenters. The van der Waals surface area contributed by atoms with Gasteiger partial charge in [-0.05, 0) is 24.5 Å². The fourth-order valence-electron chi connectivity index (χ4n) is 4.56. The molecule has 0 saturated carbocycles. The first-order valence-corrected chi connectivity index (χ1v) is 10.0. The van der Waals surface area contributed by atoms with Gasteiger partial charge in [0.05, 0.1) is 24.5 Å². The lowest BCUT2D eigenvalue weighted by Crippen LogP contribution is -2.41. The highest BCUT2D eigenvalue weighted by atomic mass is 16.5. The first-order valence-electron chi connectivity index (χ1n) is 10.0. The van der Waals surface area contributed by atoms with E-state index in [2.05, 4.69) is 21.5 Å². The van der Waals surface area contributed by atoms with E-state index < -0.39 is 0 Å². The zero-order valence-electron chi connectivity index (χ0n) is 16.7. The van der Waals surface area contributed by atoms with Gasteiger partial charge in [0.2, 0.25) is 0 Å². The molecule has 4 heterocycles. The minimum atomic E-state index is -0.379. The van der Waals surface area contributed by atoms with Crippen LogP contribution in [0, 0.1) is 0 Å². The van der Waals surface area contributed by atoms with Gasteiger partial charge in [0.25, 0.3) is 0 Å². The fourth-order valence-corrected chi connectivity index (χ4v) is 4.56. The second kappa shape index (κ2) is 7.05. The van der Waals surface area contributed by atoms with E-state index in [1.165, 1.54) is 11.9 Å². The van der Waals surface area contributed by atoms with E-state index in [4.69, 9.17) is 21.2 Å². The lowest BCUT2D eigenvalue weighted by molar-refractivity contribution is 0.189. The van der Waals surface area contributed by atoms with Crippen LogP contribution in [0.15, 0.2) is 24.5 Å². The molecule has 2 aliphatic heterocycles. The summed E-state index contributed by atoms with van der Waals surface area (Å²) in [6, 6.07) is 5.58. The molecule has 0 bridgehead atoms. The molecule has 2 amide bonds. The molecule has 1 fully saturated rings. The van der Waals surface area contributed by atoms with E-state index in [1.54, 1.807) is 12.0 Å². The Balaban J connectivity index is 1.52. The van der Waals surface area contributed by atoms with Crippen molar-refractivity contribution in [2.45, 2.75) is 31.2 Å². The molecule has 10 heteroatoms. The lowest BCUT2D eigenvalue weighted by atomic mass is 9.96. The number of nitrogen functional groups attached to an aromatic ring is 1. The Hall–Kier alpha value is -3.56. The standard InChI is InChI=1S/C20H24N8O2/c1-30-14-4-2-3-12-9-13(25-15(12)14)16-17-18(21)23-10-24-28(17)19(26-16)11-5-7-27(8-6-11)20(22)29/h2-4,10-11,13,25H,5-9H2,1H3,(H2,22,29)(H2,21,23,24). The average Bonchev–Trinajstić information content (AvgIpc) is 3.36. The van der Waals surface area contributed by atoms with Crippen molar-refractivity contribution in [2.24, 2.45) is 5.73 Å². The highest BCUT2D eigenvalue weighted by molar-refractivity contribution is 5.74. The maximum atomic E-state index is 11.5. The number of fused-ring (bicyclic) bond motifs is 2. The van der Waals surface area contributed by atoms with E-state index in [9.17, 15) is 4.79 Å². The third-order valence-corrected chi connectivity index (χ3v) is 6.09. The molecular formula is C20H24N8O2. The number of aromatic nitrogens is 4. The number of benzene rings is 1. The number of likely N-dealkylation sites (tertiary alicyclic amines) is 1. The van der Waals surface area contributed by atoms with Crippen molar-refractivity contribution in [1.82, 2.24) is 24.5 Å². The Morgan fingerprint density at radius 1 is 1.30 bits per heavy atom. The highest BCUT2D eigenvalue weighted by Gasteiger charge is 2.33. The number of urea groups is 1. The summed E-state index contributed by atoms with van der Waals surface area (Å²) in [4.78, 5) is 22.3. The third-order valence-electron chi connectivity index (χ3n) is 6.09. The number of nitrogens with two attached hydrogens (primary N) is 2. The molecule has 2 aromatic heterocycles. The topological polar surface area (TPSA) is 137 Å². The number of para-hydroxylation sites is 1. The van der Waals surface area contributed by atoms with Crippen molar-refractivity contribution < 1.29 is 9.53 Å². The number of nitrogens with one attached hydrogen (secondary N) is 1. The number of anilines is 2. The number of amides is 2. The first-order chi connectivity index (χ1) is 14.6. The van der Waals surface area contributed by atoms with Gasteiger partial charge in [-0.25, -0.2) is 19.3 Å². The molecule has 156 valence electrons. The number of ether oxygens (including phenoxy) is 1. The van der Waals surface area contributed by atoms with Crippen molar-refractivity contribution in [3.63, 3.8) is 0 Å². The van der Waals surface area contributed by atoms with E-state index in [0.29, 0.717) is 18.9 Å². The Kier molecular flexibility index (Phi) is 4.34. The van der Waals surface area contributed by atoms with Crippen LogP contribution in [-0.2, 0) is 6.42 Å². The van der Waals surface area contributed by atoms with Crippen LogP contribution < -0.4 is 21.5 Å². The molecule has 10 nitrogen and oxygen atoms in total. The summed E-state index contributed by atoms with van der Waals surface area (Å²) in [5, 5.41) is 8.00. The number of carbonyl (C=O) groups is 1. The van der Waals surface area contributed by atoms with Gasteiger partial charge in [0.15, 0.2) is 5.82 Å². The van der Waals surface area contributed by atoms with E-state index >= 15 is 0 Å². The summed E-state index contributed by atoms with van der Waals surface area (Å²) >= 11 is 0. The summed E-state index contributed by atoms with van der Waals surface area (Å²) in [5.74, 6) is 2.22. The van der Waals surface area contributed by atoms with Gasteiger partial charge >= 0.3 is 6.03 Å². The van der Waals surface area contributed by atoms with Crippen LogP contribution in [-0.4, -0.2) is 50.7 Å². The van der Waals surface area contributed by atoms with Gasteiger partial charge in [0, 0.05) is 25.4 Å². The Morgan fingerprint density at radius 3 is 2.83 bits per heavy atom.